The fourth-order valence-electron chi connectivity index (χ4n) is 3.96. The number of nitrogens with one attached hydrogen (secondary N) is 1. The molecule has 2 fully saturated rings. The van der Waals surface area contributed by atoms with Gasteiger partial charge in [0.2, 0.25) is 0 Å². The number of benzene rings is 1. The van der Waals surface area contributed by atoms with E-state index in [1.165, 1.54) is 50.5 Å². The van der Waals surface area contributed by atoms with Gasteiger partial charge < -0.3 is 10.1 Å². The fraction of sp³-hybridized carbons (Fsp3) is 0.684. The van der Waals surface area contributed by atoms with Crippen LogP contribution in [0.1, 0.15) is 63.4 Å². The van der Waals surface area contributed by atoms with E-state index in [1.54, 1.807) is 0 Å². The summed E-state index contributed by atoms with van der Waals surface area (Å²) in [5, 5.41) is 3.61. The fourth-order valence-corrected chi connectivity index (χ4v) is 3.96. The average Bonchev–Trinajstić information content (AvgIpc) is 3.15. The van der Waals surface area contributed by atoms with Crippen molar-refractivity contribution in [3.63, 3.8) is 0 Å². The first kappa shape index (κ1) is 15.1. The van der Waals surface area contributed by atoms with Crippen molar-refractivity contribution in [3.05, 3.63) is 35.9 Å². The van der Waals surface area contributed by atoms with E-state index < -0.39 is 0 Å². The Bertz CT molecular complexity index is 424. The molecule has 2 unspecified atom stereocenters. The molecule has 21 heavy (non-hydrogen) atoms. The molecule has 1 N–H and O–H groups in total. The number of ether oxygens (including phenoxy) is 1. The standard InChI is InChI=1S/C19H29NO/c1-16(17-7-3-2-4-8-17)10-14-20-15-18-9-13-19(21-18)11-5-6-12-19/h2-4,7-8,16,18,20H,5-6,9-15H2,1H3. The molecule has 1 aliphatic carbocycles. The maximum Gasteiger partial charge on any atom is 0.0708 e. The van der Waals surface area contributed by atoms with Crippen molar-refractivity contribution >= 4 is 0 Å². The molecular weight excluding hydrogens is 258 g/mol. The van der Waals surface area contributed by atoms with Crippen molar-refractivity contribution in [3.8, 4) is 0 Å². The summed E-state index contributed by atoms with van der Waals surface area (Å²) in [5.74, 6) is 0.629. The van der Waals surface area contributed by atoms with Crippen LogP contribution in [0.4, 0.5) is 0 Å². The maximum atomic E-state index is 6.34. The van der Waals surface area contributed by atoms with Crippen LogP contribution in [-0.2, 0) is 4.74 Å². The second-order valence-corrected chi connectivity index (χ2v) is 6.97. The van der Waals surface area contributed by atoms with Crippen molar-refractivity contribution in [2.75, 3.05) is 13.1 Å². The van der Waals surface area contributed by atoms with Crippen molar-refractivity contribution in [2.24, 2.45) is 0 Å². The Labute approximate surface area is 129 Å². The van der Waals surface area contributed by atoms with Crippen LogP contribution in [0.2, 0.25) is 0 Å². The van der Waals surface area contributed by atoms with Gasteiger partial charge in [-0.3, -0.25) is 0 Å². The highest BCUT2D eigenvalue weighted by Crippen LogP contribution is 2.43. The maximum absolute atomic E-state index is 6.34. The quantitative estimate of drug-likeness (QED) is 0.789. The Kier molecular flexibility index (Phi) is 4.97. The minimum absolute atomic E-state index is 0.281. The smallest absolute Gasteiger partial charge is 0.0708 e. The molecular formula is C19H29NO. The summed E-state index contributed by atoms with van der Waals surface area (Å²) in [6, 6.07) is 10.8. The van der Waals surface area contributed by atoms with Crippen LogP contribution in [0.3, 0.4) is 0 Å². The molecule has 1 saturated carbocycles. The van der Waals surface area contributed by atoms with Crippen LogP contribution >= 0.6 is 0 Å². The molecule has 116 valence electrons. The first-order valence-corrected chi connectivity index (χ1v) is 8.71. The summed E-state index contributed by atoms with van der Waals surface area (Å²) in [7, 11) is 0. The molecule has 3 rings (SSSR count). The molecule has 1 spiro atoms. The van der Waals surface area contributed by atoms with E-state index >= 15 is 0 Å². The minimum atomic E-state index is 0.281. The van der Waals surface area contributed by atoms with Gasteiger partial charge in [0.05, 0.1) is 11.7 Å². The van der Waals surface area contributed by atoms with Gasteiger partial charge in [0.1, 0.15) is 0 Å². The first-order valence-electron chi connectivity index (χ1n) is 8.71. The molecule has 1 aliphatic heterocycles. The molecule has 0 bridgehead atoms. The number of hydrogen-bond acceptors (Lipinski definition) is 2. The Morgan fingerprint density at radius 3 is 2.71 bits per heavy atom. The van der Waals surface area contributed by atoms with Crippen LogP contribution in [0, 0.1) is 0 Å². The van der Waals surface area contributed by atoms with Gasteiger partial charge in [0.25, 0.3) is 0 Å². The van der Waals surface area contributed by atoms with Gasteiger partial charge in [-0.2, -0.15) is 0 Å². The van der Waals surface area contributed by atoms with E-state index in [2.05, 4.69) is 42.6 Å². The van der Waals surface area contributed by atoms with Gasteiger partial charge in [0.15, 0.2) is 0 Å². The molecule has 1 heterocycles. The zero-order chi connectivity index (χ0) is 14.5. The van der Waals surface area contributed by atoms with E-state index in [-0.39, 0.29) is 5.60 Å². The zero-order valence-electron chi connectivity index (χ0n) is 13.3. The lowest BCUT2D eigenvalue weighted by atomic mass is 9.98. The molecule has 1 aromatic carbocycles. The lowest BCUT2D eigenvalue weighted by Crippen LogP contribution is -2.31. The van der Waals surface area contributed by atoms with E-state index in [1.807, 2.05) is 0 Å². The van der Waals surface area contributed by atoms with Crippen LogP contribution in [-0.4, -0.2) is 24.8 Å². The number of rotatable bonds is 6. The number of hydrogen-bond donors (Lipinski definition) is 1. The second kappa shape index (κ2) is 6.93. The van der Waals surface area contributed by atoms with E-state index in [9.17, 15) is 0 Å². The SMILES string of the molecule is CC(CCNCC1CCC2(CCCC2)O1)c1ccccc1. The third-order valence-electron chi connectivity index (χ3n) is 5.35. The highest BCUT2D eigenvalue weighted by molar-refractivity contribution is 5.18. The summed E-state index contributed by atoms with van der Waals surface area (Å²) < 4.78 is 6.34. The predicted octanol–water partition coefficient (Wildman–Crippen LogP) is 4.26. The summed E-state index contributed by atoms with van der Waals surface area (Å²) >= 11 is 0. The molecule has 2 nitrogen and oxygen atoms in total. The summed E-state index contributed by atoms with van der Waals surface area (Å²) in [4.78, 5) is 0. The average molecular weight is 287 g/mol. The van der Waals surface area contributed by atoms with Gasteiger partial charge in [-0.1, -0.05) is 50.1 Å². The molecule has 2 atom stereocenters. The predicted molar refractivity (Wildman–Crippen MR) is 87.6 cm³/mol. The van der Waals surface area contributed by atoms with Crippen molar-refractivity contribution in [2.45, 2.75) is 69.5 Å². The molecule has 0 radical (unpaired) electrons. The molecule has 0 aromatic heterocycles. The van der Waals surface area contributed by atoms with E-state index in [4.69, 9.17) is 4.74 Å². The van der Waals surface area contributed by atoms with Gasteiger partial charge >= 0.3 is 0 Å². The third-order valence-corrected chi connectivity index (χ3v) is 5.35. The molecule has 1 aromatic rings. The first-order chi connectivity index (χ1) is 10.3. The summed E-state index contributed by atoms with van der Waals surface area (Å²) in [6.45, 7) is 4.43. The highest BCUT2D eigenvalue weighted by Gasteiger charge is 2.41. The lowest BCUT2D eigenvalue weighted by molar-refractivity contribution is -0.0350. The Hall–Kier alpha value is -0.860. The molecule has 1 saturated heterocycles. The molecule has 0 amide bonds. The summed E-state index contributed by atoms with van der Waals surface area (Å²) in [6.07, 6.45) is 9.53. The largest absolute Gasteiger partial charge is 0.370 e. The third kappa shape index (κ3) is 3.87. The van der Waals surface area contributed by atoms with Crippen LogP contribution in [0.25, 0.3) is 0 Å². The monoisotopic (exact) mass is 287 g/mol. The van der Waals surface area contributed by atoms with Gasteiger partial charge in [-0.25, -0.2) is 0 Å². The van der Waals surface area contributed by atoms with Gasteiger partial charge in [-0.05, 0) is 50.1 Å². The topological polar surface area (TPSA) is 21.3 Å². The van der Waals surface area contributed by atoms with Crippen LogP contribution in [0.5, 0.6) is 0 Å². The van der Waals surface area contributed by atoms with Crippen LogP contribution < -0.4 is 5.32 Å². The van der Waals surface area contributed by atoms with E-state index in [0.29, 0.717) is 12.0 Å². The minimum Gasteiger partial charge on any atom is -0.370 e. The van der Waals surface area contributed by atoms with E-state index in [0.717, 1.165) is 13.1 Å². The van der Waals surface area contributed by atoms with Crippen molar-refractivity contribution in [1.82, 2.24) is 5.32 Å². The molecule has 2 heteroatoms. The normalized spacial score (nSPS) is 25.5. The molecule has 2 aliphatic rings. The van der Waals surface area contributed by atoms with Gasteiger partial charge in [0, 0.05) is 6.54 Å². The Balaban J connectivity index is 1.34. The Morgan fingerprint density at radius 2 is 1.95 bits per heavy atom. The zero-order valence-corrected chi connectivity index (χ0v) is 13.3. The highest BCUT2D eigenvalue weighted by atomic mass is 16.5. The van der Waals surface area contributed by atoms with Crippen molar-refractivity contribution in [1.29, 1.82) is 0 Å². The van der Waals surface area contributed by atoms with Gasteiger partial charge in [-0.15, -0.1) is 0 Å². The lowest BCUT2D eigenvalue weighted by Gasteiger charge is -2.24. The van der Waals surface area contributed by atoms with Crippen molar-refractivity contribution < 1.29 is 4.74 Å². The summed E-state index contributed by atoms with van der Waals surface area (Å²) in [5.41, 5.74) is 1.73. The Morgan fingerprint density at radius 1 is 1.19 bits per heavy atom. The van der Waals surface area contributed by atoms with Crippen LogP contribution in [0.15, 0.2) is 30.3 Å². The second-order valence-electron chi connectivity index (χ2n) is 6.97.